The number of carbonyl (C=O) groups is 2. The monoisotopic (exact) mass is 449 g/mol. The van der Waals surface area contributed by atoms with E-state index in [0.29, 0.717) is 0 Å². The molecule has 3 N–H and O–H groups in total. The van der Waals surface area contributed by atoms with Gasteiger partial charge in [-0.2, -0.15) is 0 Å². The smallest absolute Gasteiger partial charge is 0.256 e. The second-order valence-corrected chi connectivity index (χ2v) is 11.8. The standard InChI is InChI=1S/C23H35N3O4S/c1-23(2,3)17-18(24)19(15-11-7-5-8-12-15)26(20(17)21(27)25-31(4,29)30)22(28)16-13-9-6-10-14-16/h5,7-8,11-12,16-20H,6,9-10,13-14,24H2,1-4H3,(H,25,27)/t17-,18-,19-,20-/m1/s1. The van der Waals surface area contributed by atoms with Gasteiger partial charge in [-0.25, -0.2) is 8.42 Å². The first-order valence-corrected chi connectivity index (χ1v) is 13.0. The third-order valence-corrected chi connectivity index (χ3v) is 7.20. The zero-order valence-electron chi connectivity index (χ0n) is 18.9. The number of hydrogen-bond donors (Lipinski definition) is 2. The van der Waals surface area contributed by atoms with Crippen molar-refractivity contribution in [3.05, 3.63) is 35.9 Å². The molecule has 31 heavy (non-hydrogen) atoms. The molecule has 4 atom stereocenters. The minimum absolute atomic E-state index is 0.0931. The van der Waals surface area contributed by atoms with Crippen LogP contribution in [-0.2, 0) is 19.6 Å². The SMILES string of the molecule is CC(C)(C)[C@@H]1[C@@H](N)[C@@H](c2ccccc2)N(C(=O)C2CCCCC2)[C@H]1C(=O)NS(C)(=O)=O. The highest BCUT2D eigenvalue weighted by Crippen LogP contribution is 2.48. The second kappa shape index (κ2) is 8.90. The highest BCUT2D eigenvalue weighted by molar-refractivity contribution is 7.89. The first-order valence-electron chi connectivity index (χ1n) is 11.1. The zero-order chi connectivity index (χ0) is 23.0. The minimum Gasteiger partial charge on any atom is -0.325 e. The average Bonchev–Trinajstić information content (AvgIpc) is 3.01. The van der Waals surface area contributed by atoms with Crippen molar-refractivity contribution in [1.29, 1.82) is 0 Å². The van der Waals surface area contributed by atoms with Gasteiger partial charge in [0.15, 0.2) is 0 Å². The molecule has 0 radical (unpaired) electrons. The molecule has 0 bridgehead atoms. The Labute approximate surface area is 185 Å². The molecule has 0 aromatic heterocycles. The van der Waals surface area contributed by atoms with E-state index in [0.717, 1.165) is 43.9 Å². The molecule has 1 heterocycles. The number of rotatable bonds is 4. The van der Waals surface area contributed by atoms with Crippen LogP contribution in [0.1, 0.15) is 64.5 Å². The Bertz CT molecular complexity index is 904. The Hall–Kier alpha value is -1.93. The van der Waals surface area contributed by atoms with Gasteiger partial charge >= 0.3 is 0 Å². The Morgan fingerprint density at radius 3 is 2.16 bits per heavy atom. The van der Waals surface area contributed by atoms with Crippen molar-refractivity contribution in [1.82, 2.24) is 9.62 Å². The van der Waals surface area contributed by atoms with E-state index >= 15 is 0 Å². The van der Waals surface area contributed by atoms with Crippen molar-refractivity contribution in [2.45, 2.75) is 71.0 Å². The van der Waals surface area contributed by atoms with Crippen LogP contribution in [-0.4, -0.2) is 43.5 Å². The van der Waals surface area contributed by atoms with E-state index in [-0.39, 0.29) is 11.8 Å². The number of amides is 2. The van der Waals surface area contributed by atoms with Gasteiger partial charge in [-0.15, -0.1) is 0 Å². The molecule has 2 amide bonds. The van der Waals surface area contributed by atoms with Crippen LogP contribution in [0, 0.1) is 17.3 Å². The molecule has 1 saturated heterocycles. The quantitative estimate of drug-likeness (QED) is 0.734. The summed E-state index contributed by atoms with van der Waals surface area (Å²) in [4.78, 5) is 28.7. The molecule has 1 saturated carbocycles. The number of likely N-dealkylation sites (tertiary alicyclic amines) is 1. The predicted octanol–water partition coefficient (Wildman–Crippen LogP) is 2.58. The van der Waals surface area contributed by atoms with Crippen molar-refractivity contribution in [2.75, 3.05) is 6.26 Å². The summed E-state index contributed by atoms with van der Waals surface area (Å²) < 4.78 is 25.9. The fourth-order valence-electron chi connectivity index (χ4n) is 5.39. The summed E-state index contributed by atoms with van der Waals surface area (Å²) in [7, 11) is -3.78. The van der Waals surface area contributed by atoms with E-state index in [9.17, 15) is 18.0 Å². The van der Waals surface area contributed by atoms with Crippen LogP contribution in [0.25, 0.3) is 0 Å². The average molecular weight is 450 g/mol. The summed E-state index contributed by atoms with van der Waals surface area (Å²) in [6.07, 6.45) is 5.59. The lowest BCUT2D eigenvalue weighted by atomic mass is 9.73. The van der Waals surface area contributed by atoms with Gasteiger partial charge in [0.1, 0.15) is 6.04 Å². The summed E-state index contributed by atoms with van der Waals surface area (Å²) in [5, 5.41) is 0. The molecule has 2 fully saturated rings. The van der Waals surface area contributed by atoms with Crippen LogP contribution in [0.15, 0.2) is 30.3 Å². The highest BCUT2D eigenvalue weighted by atomic mass is 32.2. The fourth-order valence-corrected chi connectivity index (χ4v) is 5.88. The zero-order valence-corrected chi connectivity index (χ0v) is 19.7. The van der Waals surface area contributed by atoms with E-state index in [4.69, 9.17) is 5.73 Å². The number of nitrogens with zero attached hydrogens (tertiary/aromatic N) is 1. The van der Waals surface area contributed by atoms with Crippen LogP contribution in [0.2, 0.25) is 0 Å². The Kier molecular flexibility index (Phi) is 6.81. The molecule has 3 rings (SSSR count). The van der Waals surface area contributed by atoms with Crippen LogP contribution >= 0.6 is 0 Å². The van der Waals surface area contributed by atoms with Gasteiger partial charge in [-0.05, 0) is 23.8 Å². The Morgan fingerprint density at radius 2 is 1.65 bits per heavy atom. The van der Waals surface area contributed by atoms with Gasteiger partial charge in [0.05, 0.1) is 12.3 Å². The lowest BCUT2D eigenvalue weighted by Gasteiger charge is -2.37. The topological polar surface area (TPSA) is 110 Å². The Balaban J connectivity index is 2.13. The van der Waals surface area contributed by atoms with E-state index < -0.39 is 45.4 Å². The molecule has 8 heteroatoms. The van der Waals surface area contributed by atoms with Crippen molar-refractivity contribution in [2.24, 2.45) is 23.0 Å². The third-order valence-electron chi connectivity index (χ3n) is 6.62. The molecule has 1 aromatic rings. The van der Waals surface area contributed by atoms with Gasteiger partial charge in [-0.1, -0.05) is 70.4 Å². The summed E-state index contributed by atoms with van der Waals surface area (Å²) in [6, 6.07) is 7.56. The normalized spacial score (nSPS) is 27.8. The van der Waals surface area contributed by atoms with Gasteiger partial charge < -0.3 is 10.6 Å². The van der Waals surface area contributed by atoms with Crippen molar-refractivity contribution < 1.29 is 18.0 Å². The summed E-state index contributed by atoms with van der Waals surface area (Å²) >= 11 is 0. The van der Waals surface area contributed by atoms with E-state index in [1.165, 1.54) is 0 Å². The van der Waals surface area contributed by atoms with Crippen molar-refractivity contribution in [3.63, 3.8) is 0 Å². The second-order valence-electron chi connectivity index (χ2n) is 10.1. The van der Waals surface area contributed by atoms with E-state index in [2.05, 4.69) is 4.72 Å². The van der Waals surface area contributed by atoms with Gasteiger partial charge in [0.2, 0.25) is 15.9 Å². The predicted molar refractivity (Wildman–Crippen MR) is 120 cm³/mol. The summed E-state index contributed by atoms with van der Waals surface area (Å²) in [5.41, 5.74) is 7.21. The van der Waals surface area contributed by atoms with Gasteiger partial charge in [0, 0.05) is 17.9 Å². The molecule has 1 aliphatic heterocycles. The number of nitrogens with one attached hydrogen (secondary N) is 1. The van der Waals surface area contributed by atoms with Gasteiger partial charge in [0.25, 0.3) is 5.91 Å². The third kappa shape index (κ3) is 5.12. The Morgan fingerprint density at radius 1 is 1.06 bits per heavy atom. The van der Waals surface area contributed by atoms with E-state index in [1.807, 2.05) is 51.1 Å². The molecular weight excluding hydrogens is 414 g/mol. The maximum atomic E-state index is 13.8. The molecule has 172 valence electrons. The maximum absolute atomic E-state index is 13.8. The number of nitrogens with two attached hydrogens (primary N) is 1. The molecule has 2 aliphatic rings. The number of carbonyl (C=O) groups excluding carboxylic acids is 2. The molecule has 1 aliphatic carbocycles. The van der Waals surface area contributed by atoms with Gasteiger partial charge in [-0.3, -0.25) is 14.3 Å². The molecular formula is C23H35N3O4S. The lowest BCUT2D eigenvalue weighted by Crippen LogP contribution is -2.53. The summed E-state index contributed by atoms with van der Waals surface area (Å²) in [6.45, 7) is 5.94. The molecule has 0 spiro atoms. The summed E-state index contributed by atoms with van der Waals surface area (Å²) in [5.74, 6) is -1.35. The van der Waals surface area contributed by atoms with Crippen LogP contribution in [0.3, 0.4) is 0 Å². The van der Waals surface area contributed by atoms with Crippen LogP contribution in [0.5, 0.6) is 0 Å². The minimum atomic E-state index is -3.78. The largest absolute Gasteiger partial charge is 0.325 e. The molecule has 0 unspecified atom stereocenters. The fraction of sp³-hybridized carbons (Fsp3) is 0.652. The number of benzene rings is 1. The highest BCUT2D eigenvalue weighted by Gasteiger charge is 2.57. The van der Waals surface area contributed by atoms with E-state index in [1.54, 1.807) is 4.90 Å². The lowest BCUT2D eigenvalue weighted by molar-refractivity contribution is -0.145. The first kappa shape index (κ1) is 23.7. The van der Waals surface area contributed by atoms with Crippen LogP contribution in [0.4, 0.5) is 0 Å². The molecule has 1 aromatic carbocycles. The number of sulfonamides is 1. The van der Waals surface area contributed by atoms with Crippen molar-refractivity contribution >= 4 is 21.8 Å². The maximum Gasteiger partial charge on any atom is 0.256 e. The van der Waals surface area contributed by atoms with Crippen LogP contribution < -0.4 is 10.5 Å². The first-order chi connectivity index (χ1) is 14.4. The van der Waals surface area contributed by atoms with Crippen molar-refractivity contribution in [3.8, 4) is 0 Å². The number of hydrogen-bond acceptors (Lipinski definition) is 5. The molecule has 7 nitrogen and oxygen atoms in total.